The third kappa shape index (κ3) is 4.00. The minimum absolute atomic E-state index is 0.169. The summed E-state index contributed by atoms with van der Waals surface area (Å²) in [4.78, 5) is 0. The molecule has 2 aromatic rings. The standard InChI is InChI=1S/C24H35N2O2PSi/c1-24(2,3)30(5,6)28-21-14-15-22(27-4)23(17-21)29-25-16-10-13-20(25)18-26(29)19-11-8-7-9-12-19/h7-9,11-12,14-15,17,20H,10,13,16,18H2,1-6H3/t20-,29?/m0/s1. The van der Waals surface area contributed by atoms with Crippen LogP contribution in [0.5, 0.6) is 11.5 Å². The summed E-state index contributed by atoms with van der Waals surface area (Å²) >= 11 is 0. The summed E-state index contributed by atoms with van der Waals surface area (Å²) < 4.78 is 17.9. The van der Waals surface area contributed by atoms with Crippen molar-refractivity contribution in [2.45, 2.75) is 57.8 Å². The maximum atomic E-state index is 6.67. The van der Waals surface area contributed by atoms with Gasteiger partial charge in [0.25, 0.3) is 0 Å². The Hall–Kier alpha value is -1.55. The van der Waals surface area contributed by atoms with Crippen LogP contribution in [-0.4, -0.2) is 39.2 Å². The van der Waals surface area contributed by atoms with Gasteiger partial charge in [-0.25, -0.2) is 0 Å². The molecule has 2 aromatic carbocycles. The number of hydrogen-bond acceptors (Lipinski definition) is 4. The van der Waals surface area contributed by atoms with Gasteiger partial charge in [-0.2, -0.15) is 0 Å². The van der Waals surface area contributed by atoms with E-state index in [0.29, 0.717) is 6.04 Å². The largest absolute Gasteiger partial charge is 0.543 e. The minimum atomic E-state index is -1.90. The van der Waals surface area contributed by atoms with E-state index in [0.717, 1.165) is 24.6 Å². The maximum Gasteiger partial charge on any atom is 0.250 e. The van der Waals surface area contributed by atoms with Gasteiger partial charge in [-0.15, -0.1) is 0 Å². The molecule has 0 N–H and O–H groups in total. The summed E-state index contributed by atoms with van der Waals surface area (Å²) in [6, 6.07) is 17.9. The molecule has 4 rings (SSSR count). The third-order valence-electron chi connectivity index (χ3n) is 6.80. The van der Waals surface area contributed by atoms with Crippen molar-refractivity contribution < 1.29 is 9.16 Å². The Morgan fingerprint density at radius 3 is 2.47 bits per heavy atom. The van der Waals surface area contributed by atoms with Crippen LogP contribution in [-0.2, 0) is 0 Å². The Kier molecular flexibility index (Phi) is 5.91. The molecule has 2 heterocycles. The topological polar surface area (TPSA) is 24.9 Å². The molecule has 0 bridgehead atoms. The van der Waals surface area contributed by atoms with E-state index in [4.69, 9.17) is 9.16 Å². The quantitative estimate of drug-likeness (QED) is 0.419. The van der Waals surface area contributed by atoms with Gasteiger partial charge in [-0.05, 0) is 61.3 Å². The van der Waals surface area contributed by atoms with E-state index in [1.807, 2.05) is 0 Å². The summed E-state index contributed by atoms with van der Waals surface area (Å²) in [5, 5.41) is 1.44. The van der Waals surface area contributed by atoms with Crippen LogP contribution in [0.25, 0.3) is 0 Å². The Labute approximate surface area is 184 Å². The number of methoxy groups -OCH3 is 1. The predicted molar refractivity (Wildman–Crippen MR) is 131 cm³/mol. The number of nitrogens with zero attached hydrogens (tertiary/aromatic N) is 2. The lowest BCUT2D eigenvalue weighted by atomic mass is 10.2. The first-order valence-corrected chi connectivity index (χ1v) is 15.1. The smallest absolute Gasteiger partial charge is 0.250 e. The van der Waals surface area contributed by atoms with Crippen molar-refractivity contribution in [3.63, 3.8) is 0 Å². The fraction of sp³-hybridized carbons (Fsp3) is 0.500. The van der Waals surface area contributed by atoms with Crippen LogP contribution in [0.4, 0.5) is 5.69 Å². The van der Waals surface area contributed by atoms with Crippen molar-refractivity contribution in [2.75, 3.05) is 24.9 Å². The lowest BCUT2D eigenvalue weighted by Gasteiger charge is -2.37. The Balaban J connectivity index is 1.74. The summed E-state index contributed by atoms with van der Waals surface area (Å²) in [6.45, 7) is 13.7. The Bertz CT molecular complexity index is 885. The molecule has 0 radical (unpaired) electrons. The average Bonchev–Trinajstić information content (AvgIpc) is 3.28. The monoisotopic (exact) mass is 442 g/mol. The normalized spacial score (nSPS) is 22.3. The van der Waals surface area contributed by atoms with Crippen molar-refractivity contribution in [3.8, 4) is 11.5 Å². The summed E-state index contributed by atoms with van der Waals surface area (Å²) in [5.41, 5.74) is 1.30. The maximum absolute atomic E-state index is 6.67. The van der Waals surface area contributed by atoms with E-state index in [-0.39, 0.29) is 5.04 Å². The highest BCUT2D eigenvalue weighted by atomic mass is 31.1. The van der Waals surface area contributed by atoms with Crippen molar-refractivity contribution in [1.29, 1.82) is 0 Å². The van der Waals surface area contributed by atoms with Gasteiger partial charge < -0.3 is 13.8 Å². The first kappa shape index (κ1) is 21.7. The van der Waals surface area contributed by atoms with Gasteiger partial charge in [0.15, 0.2) is 0 Å². The molecule has 1 unspecified atom stereocenters. The number of benzene rings is 2. The van der Waals surface area contributed by atoms with Gasteiger partial charge in [-0.3, -0.25) is 4.67 Å². The van der Waals surface area contributed by atoms with Crippen molar-refractivity contribution >= 4 is 27.5 Å². The van der Waals surface area contributed by atoms with Crippen LogP contribution in [0, 0.1) is 0 Å². The molecule has 2 atom stereocenters. The Morgan fingerprint density at radius 1 is 1.07 bits per heavy atom. The molecule has 2 aliphatic rings. The zero-order chi connectivity index (χ0) is 21.5. The molecule has 0 saturated carbocycles. The van der Waals surface area contributed by atoms with Gasteiger partial charge in [0, 0.05) is 24.8 Å². The van der Waals surface area contributed by atoms with Crippen molar-refractivity contribution in [2.24, 2.45) is 0 Å². The molecule has 2 saturated heterocycles. The van der Waals surface area contributed by atoms with Gasteiger partial charge in [0.2, 0.25) is 8.32 Å². The first-order valence-electron chi connectivity index (χ1n) is 11.0. The second-order valence-corrected chi connectivity index (χ2v) is 16.6. The van der Waals surface area contributed by atoms with Gasteiger partial charge in [0.1, 0.15) is 19.7 Å². The number of ether oxygens (including phenoxy) is 1. The highest BCUT2D eigenvalue weighted by Gasteiger charge is 2.45. The molecule has 0 spiro atoms. The molecule has 4 nitrogen and oxygen atoms in total. The lowest BCUT2D eigenvalue weighted by Crippen LogP contribution is -2.44. The molecular formula is C24H35N2O2PSi. The van der Waals surface area contributed by atoms with E-state index < -0.39 is 16.5 Å². The van der Waals surface area contributed by atoms with Crippen LogP contribution in [0.2, 0.25) is 18.1 Å². The van der Waals surface area contributed by atoms with E-state index in [2.05, 4.69) is 91.7 Å². The van der Waals surface area contributed by atoms with Crippen LogP contribution < -0.4 is 19.1 Å². The first-order chi connectivity index (χ1) is 14.2. The molecule has 6 heteroatoms. The number of hydrogen-bond donors (Lipinski definition) is 0. The molecule has 162 valence electrons. The van der Waals surface area contributed by atoms with E-state index >= 15 is 0 Å². The number of anilines is 1. The zero-order valence-corrected chi connectivity index (χ0v) is 21.1. The molecule has 0 aromatic heterocycles. The molecule has 2 fully saturated rings. The molecular weight excluding hydrogens is 407 g/mol. The highest BCUT2D eigenvalue weighted by Crippen LogP contribution is 2.57. The molecule has 0 aliphatic carbocycles. The second-order valence-electron chi connectivity index (χ2n) is 9.86. The lowest BCUT2D eigenvalue weighted by molar-refractivity contribution is 0.416. The van der Waals surface area contributed by atoms with Gasteiger partial charge in [0.05, 0.1) is 12.4 Å². The SMILES string of the molecule is COc1ccc(O[Si](C)(C)C(C)(C)C)cc1P1N(c2ccccc2)C[C@@H]2CCCN21. The zero-order valence-electron chi connectivity index (χ0n) is 19.2. The molecule has 0 amide bonds. The minimum Gasteiger partial charge on any atom is -0.543 e. The van der Waals surface area contributed by atoms with Crippen LogP contribution >= 0.6 is 8.22 Å². The van der Waals surface area contributed by atoms with Crippen molar-refractivity contribution in [1.82, 2.24) is 4.67 Å². The van der Waals surface area contributed by atoms with Crippen LogP contribution in [0.15, 0.2) is 48.5 Å². The molecule has 30 heavy (non-hydrogen) atoms. The van der Waals surface area contributed by atoms with Crippen LogP contribution in [0.1, 0.15) is 33.6 Å². The van der Waals surface area contributed by atoms with E-state index in [9.17, 15) is 0 Å². The molecule has 2 aliphatic heterocycles. The number of fused-ring (bicyclic) bond motifs is 1. The summed E-state index contributed by atoms with van der Waals surface area (Å²) in [5.74, 6) is 1.95. The number of para-hydroxylation sites is 1. The van der Waals surface area contributed by atoms with Crippen LogP contribution in [0.3, 0.4) is 0 Å². The third-order valence-corrected chi connectivity index (χ3v) is 13.8. The van der Waals surface area contributed by atoms with Gasteiger partial charge in [-0.1, -0.05) is 39.0 Å². The summed E-state index contributed by atoms with van der Waals surface area (Å²) in [6.07, 6.45) is 2.57. The second kappa shape index (κ2) is 8.18. The summed E-state index contributed by atoms with van der Waals surface area (Å²) in [7, 11) is -0.775. The highest BCUT2D eigenvalue weighted by molar-refractivity contribution is 7.65. The van der Waals surface area contributed by atoms with E-state index in [1.165, 1.54) is 23.8 Å². The number of rotatable bonds is 5. The predicted octanol–water partition coefficient (Wildman–Crippen LogP) is 6.00. The fourth-order valence-electron chi connectivity index (χ4n) is 4.09. The average molecular weight is 443 g/mol. The Morgan fingerprint density at radius 2 is 1.80 bits per heavy atom. The van der Waals surface area contributed by atoms with Gasteiger partial charge >= 0.3 is 0 Å². The van der Waals surface area contributed by atoms with E-state index in [1.54, 1.807) is 7.11 Å². The fourth-order valence-corrected chi connectivity index (χ4v) is 8.06. The van der Waals surface area contributed by atoms with Crippen molar-refractivity contribution in [3.05, 3.63) is 48.5 Å².